The summed E-state index contributed by atoms with van der Waals surface area (Å²) in [4.78, 5) is 28.9. The molecule has 0 saturated carbocycles. The Balaban J connectivity index is 1.73. The molecular formula is C24H18Cl2N2O3S. The van der Waals surface area contributed by atoms with Gasteiger partial charge < -0.3 is 10.1 Å². The number of carbonyl (C=O) groups is 2. The van der Waals surface area contributed by atoms with E-state index in [2.05, 4.69) is 5.32 Å². The van der Waals surface area contributed by atoms with Crippen molar-refractivity contribution in [3.8, 4) is 5.75 Å². The summed E-state index contributed by atoms with van der Waals surface area (Å²) in [6.07, 6.45) is 0. The fourth-order valence-electron chi connectivity index (χ4n) is 3.15. The lowest BCUT2D eigenvalue weighted by Crippen LogP contribution is -2.32. The largest absolute Gasteiger partial charge is 0.494 e. The standard InChI is InChI=1S/C24H18Cl2N2O3S/c1-2-31-16-13-11-15(12-14-16)27-21-22(32-17-7-4-3-5-8-17)24(30)28(23(21)29)19-10-6-9-18(25)20(19)26/h3-14,27H,2H2,1H3. The van der Waals surface area contributed by atoms with Crippen LogP contribution in [-0.4, -0.2) is 18.4 Å². The SMILES string of the molecule is CCOc1ccc(NC2=C(Sc3ccccc3)C(=O)N(c3cccc(Cl)c3Cl)C2=O)cc1. The van der Waals surface area contributed by atoms with Crippen molar-refractivity contribution in [2.45, 2.75) is 11.8 Å². The van der Waals surface area contributed by atoms with Crippen LogP contribution in [0.5, 0.6) is 5.75 Å². The predicted molar refractivity (Wildman–Crippen MR) is 130 cm³/mol. The van der Waals surface area contributed by atoms with Gasteiger partial charge in [0.2, 0.25) is 0 Å². The van der Waals surface area contributed by atoms with Crippen LogP contribution in [-0.2, 0) is 9.59 Å². The third-order valence-electron chi connectivity index (χ3n) is 4.61. The molecule has 0 fully saturated rings. The van der Waals surface area contributed by atoms with E-state index in [0.29, 0.717) is 18.0 Å². The monoisotopic (exact) mass is 484 g/mol. The average Bonchev–Trinajstić information content (AvgIpc) is 3.02. The van der Waals surface area contributed by atoms with Crippen LogP contribution in [0.1, 0.15) is 6.92 Å². The number of hydrogen-bond donors (Lipinski definition) is 1. The van der Waals surface area contributed by atoms with Gasteiger partial charge >= 0.3 is 0 Å². The molecule has 4 rings (SSSR count). The number of ether oxygens (including phenoxy) is 1. The number of amides is 2. The van der Waals surface area contributed by atoms with Crippen molar-refractivity contribution in [1.29, 1.82) is 0 Å². The molecule has 8 heteroatoms. The van der Waals surface area contributed by atoms with Crippen LogP contribution in [0.25, 0.3) is 0 Å². The van der Waals surface area contributed by atoms with Gasteiger partial charge in [0, 0.05) is 10.6 Å². The topological polar surface area (TPSA) is 58.6 Å². The molecule has 162 valence electrons. The van der Waals surface area contributed by atoms with Gasteiger partial charge in [-0.3, -0.25) is 9.59 Å². The zero-order valence-electron chi connectivity index (χ0n) is 17.0. The van der Waals surface area contributed by atoms with Gasteiger partial charge in [-0.2, -0.15) is 0 Å². The third kappa shape index (κ3) is 4.48. The Morgan fingerprint density at radius 1 is 0.906 bits per heavy atom. The molecule has 2 amide bonds. The van der Waals surface area contributed by atoms with E-state index in [1.807, 2.05) is 37.3 Å². The van der Waals surface area contributed by atoms with E-state index in [1.54, 1.807) is 42.5 Å². The van der Waals surface area contributed by atoms with Crippen LogP contribution in [0, 0.1) is 0 Å². The number of benzene rings is 3. The highest BCUT2D eigenvalue weighted by Crippen LogP contribution is 2.41. The zero-order valence-corrected chi connectivity index (χ0v) is 19.3. The van der Waals surface area contributed by atoms with Crippen molar-refractivity contribution >= 4 is 58.2 Å². The van der Waals surface area contributed by atoms with Gasteiger partial charge in [-0.05, 0) is 55.5 Å². The van der Waals surface area contributed by atoms with Gasteiger partial charge in [0.1, 0.15) is 16.4 Å². The summed E-state index contributed by atoms with van der Waals surface area (Å²) in [6.45, 7) is 2.46. The molecule has 32 heavy (non-hydrogen) atoms. The Morgan fingerprint density at radius 2 is 1.62 bits per heavy atom. The number of anilines is 2. The highest BCUT2D eigenvalue weighted by atomic mass is 35.5. The highest BCUT2D eigenvalue weighted by Gasteiger charge is 2.41. The van der Waals surface area contributed by atoms with Gasteiger partial charge in [-0.15, -0.1) is 0 Å². The van der Waals surface area contributed by atoms with E-state index in [4.69, 9.17) is 27.9 Å². The molecule has 0 bridgehead atoms. The van der Waals surface area contributed by atoms with Crippen LogP contribution in [0.15, 0.2) is 88.3 Å². The molecule has 0 radical (unpaired) electrons. The van der Waals surface area contributed by atoms with Crippen LogP contribution in [0.3, 0.4) is 0 Å². The molecule has 0 unspecified atom stereocenters. The number of thioether (sulfide) groups is 1. The minimum atomic E-state index is -0.508. The van der Waals surface area contributed by atoms with Gasteiger partial charge in [0.05, 0.1) is 22.3 Å². The van der Waals surface area contributed by atoms with E-state index in [1.165, 1.54) is 11.8 Å². The number of nitrogens with zero attached hydrogens (tertiary/aromatic N) is 1. The molecule has 1 heterocycles. The third-order valence-corrected chi connectivity index (χ3v) is 6.51. The first-order valence-electron chi connectivity index (χ1n) is 9.79. The number of nitrogens with one attached hydrogen (secondary N) is 1. The molecule has 3 aromatic carbocycles. The first-order chi connectivity index (χ1) is 15.5. The lowest BCUT2D eigenvalue weighted by atomic mass is 10.2. The van der Waals surface area contributed by atoms with E-state index in [9.17, 15) is 9.59 Å². The van der Waals surface area contributed by atoms with Gasteiger partial charge in [0.25, 0.3) is 11.8 Å². The first kappa shape index (κ1) is 22.3. The molecule has 1 N–H and O–H groups in total. The molecule has 1 aliphatic heterocycles. The molecule has 0 saturated heterocycles. The molecule has 1 aliphatic rings. The summed E-state index contributed by atoms with van der Waals surface area (Å²) in [5.41, 5.74) is 1.06. The molecule has 3 aromatic rings. The first-order valence-corrected chi connectivity index (χ1v) is 11.4. The summed E-state index contributed by atoms with van der Waals surface area (Å²) in [5, 5.41) is 3.51. The Hall–Kier alpha value is -2.93. The minimum Gasteiger partial charge on any atom is -0.494 e. The molecule has 0 aliphatic carbocycles. The summed E-state index contributed by atoms with van der Waals surface area (Å²) in [7, 11) is 0. The second-order valence-corrected chi connectivity index (χ2v) is 8.59. The van der Waals surface area contributed by atoms with Crippen LogP contribution in [0.2, 0.25) is 10.0 Å². The average molecular weight is 485 g/mol. The number of imide groups is 1. The van der Waals surface area contributed by atoms with Crippen molar-refractivity contribution in [2.24, 2.45) is 0 Å². The molecule has 0 spiro atoms. The maximum Gasteiger partial charge on any atom is 0.283 e. The van der Waals surface area contributed by atoms with Crippen molar-refractivity contribution < 1.29 is 14.3 Å². The summed E-state index contributed by atoms with van der Waals surface area (Å²) in [6, 6.07) is 21.4. The molecular weight excluding hydrogens is 467 g/mol. The van der Waals surface area contributed by atoms with Crippen molar-refractivity contribution in [1.82, 2.24) is 0 Å². The number of halogens is 2. The smallest absolute Gasteiger partial charge is 0.283 e. The normalized spacial score (nSPS) is 13.7. The van der Waals surface area contributed by atoms with E-state index >= 15 is 0 Å². The van der Waals surface area contributed by atoms with Crippen LogP contribution in [0.4, 0.5) is 11.4 Å². The van der Waals surface area contributed by atoms with E-state index < -0.39 is 11.8 Å². The Morgan fingerprint density at radius 3 is 2.31 bits per heavy atom. The second kappa shape index (κ2) is 9.69. The Labute approximate surface area is 200 Å². The highest BCUT2D eigenvalue weighted by molar-refractivity contribution is 8.04. The molecule has 5 nitrogen and oxygen atoms in total. The summed E-state index contributed by atoms with van der Waals surface area (Å²) >= 11 is 13.7. The van der Waals surface area contributed by atoms with E-state index in [-0.39, 0.29) is 26.3 Å². The number of hydrogen-bond acceptors (Lipinski definition) is 5. The maximum atomic E-state index is 13.4. The maximum absolute atomic E-state index is 13.4. The van der Waals surface area contributed by atoms with Crippen molar-refractivity contribution in [2.75, 3.05) is 16.8 Å². The Bertz CT molecular complexity index is 1200. The van der Waals surface area contributed by atoms with Crippen molar-refractivity contribution in [3.05, 3.63) is 93.4 Å². The van der Waals surface area contributed by atoms with Crippen molar-refractivity contribution in [3.63, 3.8) is 0 Å². The van der Waals surface area contributed by atoms with E-state index in [0.717, 1.165) is 9.80 Å². The molecule has 0 atom stereocenters. The van der Waals surface area contributed by atoms with Gasteiger partial charge in [0.15, 0.2) is 0 Å². The van der Waals surface area contributed by atoms with Gasteiger partial charge in [-0.25, -0.2) is 4.90 Å². The Kier molecular flexibility index (Phi) is 6.74. The number of rotatable bonds is 7. The fourth-order valence-corrected chi connectivity index (χ4v) is 4.48. The fraction of sp³-hybridized carbons (Fsp3) is 0.0833. The predicted octanol–water partition coefficient (Wildman–Crippen LogP) is 6.38. The lowest BCUT2D eigenvalue weighted by Gasteiger charge is -2.17. The minimum absolute atomic E-state index is 0.141. The van der Waals surface area contributed by atoms with Crippen LogP contribution < -0.4 is 15.0 Å². The quantitative estimate of drug-likeness (QED) is 0.394. The van der Waals surface area contributed by atoms with Crippen LogP contribution >= 0.6 is 35.0 Å². The number of carbonyl (C=O) groups excluding carboxylic acids is 2. The molecule has 0 aromatic heterocycles. The summed E-state index contributed by atoms with van der Waals surface area (Å²) < 4.78 is 5.47. The second-order valence-electron chi connectivity index (χ2n) is 6.72. The zero-order chi connectivity index (χ0) is 22.7. The lowest BCUT2D eigenvalue weighted by molar-refractivity contribution is -0.120. The van der Waals surface area contributed by atoms with Gasteiger partial charge in [-0.1, -0.05) is 59.2 Å². The summed E-state index contributed by atoms with van der Waals surface area (Å²) in [5.74, 6) is -0.264.